The number of ether oxygens (including phenoxy) is 4. The number of nitrogens with one attached hydrogen (secondary N) is 1. The Labute approximate surface area is 157 Å². The van der Waals surface area contributed by atoms with Crippen molar-refractivity contribution in [2.75, 3.05) is 33.5 Å². The van der Waals surface area contributed by atoms with Gasteiger partial charge in [0.2, 0.25) is 0 Å². The van der Waals surface area contributed by atoms with Crippen LogP contribution < -0.4 is 14.8 Å². The SMILES string of the molecule is COc1cc(/C=C/C(=O)OCC(=O)NC[C@H]2CCCO2)ccc1OCC#N. The highest BCUT2D eigenvalue weighted by Gasteiger charge is 2.16. The van der Waals surface area contributed by atoms with Crippen molar-refractivity contribution in [1.82, 2.24) is 5.32 Å². The van der Waals surface area contributed by atoms with Gasteiger partial charge in [0, 0.05) is 19.2 Å². The number of carbonyl (C=O) groups excluding carboxylic acids is 2. The molecule has 1 amide bonds. The Morgan fingerprint density at radius 1 is 1.41 bits per heavy atom. The number of methoxy groups -OCH3 is 1. The van der Waals surface area contributed by atoms with E-state index in [2.05, 4.69) is 5.32 Å². The Balaban J connectivity index is 1.78. The van der Waals surface area contributed by atoms with E-state index in [0.29, 0.717) is 23.6 Å². The zero-order valence-electron chi connectivity index (χ0n) is 15.1. The van der Waals surface area contributed by atoms with E-state index >= 15 is 0 Å². The Morgan fingerprint density at radius 3 is 2.96 bits per heavy atom. The van der Waals surface area contributed by atoms with Crippen LogP contribution in [0.25, 0.3) is 6.08 Å². The molecule has 0 unspecified atom stereocenters. The topological polar surface area (TPSA) is 107 Å². The maximum absolute atomic E-state index is 11.7. The van der Waals surface area contributed by atoms with Gasteiger partial charge in [0.25, 0.3) is 5.91 Å². The minimum absolute atomic E-state index is 0.0413. The molecule has 0 radical (unpaired) electrons. The molecule has 1 fully saturated rings. The van der Waals surface area contributed by atoms with Crippen LogP contribution in [-0.4, -0.2) is 51.5 Å². The zero-order chi connectivity index (χ0) is 19.5. The highest BCUT2D eigenvalue weighted by atomic mass is 16.5. The van der Waals surface area contributed by atoms with Crippen molar-refractivity contribution in [2.24, 2.45) is 0 Å². The van der Waals surface area contributed by atoms with E-state index in [1.54, 1.807) is 18.2 Å². The fourth-order valence-electron chi connectivity index (χ4n) is 2.45. The number of hydrogen-bond donors (Lipinski definition) is 1. The zero-order valence-corrected chi connectivity index (χ0v) is 15.1. The lowest BCUT2D eigenvalue weighted by Crippen LogP contribution is -2.34. The molecular weight excluding hydrogens is 352 g/mol. The molecule has 0 spiro atoms. The maximum atomic E-state index is 11.7. The van der Waals surface area contributed by atoms with Crippen molar-refractivity contribution in [3.63, 3.8) is 0 Å². The Morgan fingerprint density at radius 2 is 2.26 bits per heavy atom. The average molecular weight is 374 g/mol. The van der Waals surface area contributed by atoms with Gasteiger partial charge in [-0.1, -0.05) is 6.07 Å². The van der Waals surface area contributed by atoms with Crippen LogP contribution in [0.2, 0.25) is 0 Å². The second-order valence-electron chi connectivity index (χ2n) is 5.74. The van der Waals surface area contributed by atoms with Crippen molar-refractivity contribution in [3.05, 3.63) is 29.8 Å². The van der Waals surface area contributed by atoms with Crippen LogP contribution >= 0.6 is 0 Å². The van der Waals surface area contributed by atoms with E-state index in [9.17, 15) is 9.59 Å². The van der Waals surface area contributed by atoms with Crippen molar-refractivity contribution in [1.29, 1.82) is 5.26 Å². The van der Waals surface area contributed by atoms with Crippen molar-refractivity contribution in [3.8, 4) is 17.6 Å². The van der Waals surface area contributed by atoms with Crippen molar-refractivity contribution >= 4 is 18.0 Å². The van der Waals surface area contributed by atoms with Crippen LogP contribution in [0.3, 0.4) is 0 Å². The number of hydrogen-bond acceptors (Lipinski definition) is 7. The van der Waals surface area contributed by atoms with E-state index < -0.39 is 5.97 Å². The monoisotopic (exact) mass is 374 g/mol. The number of amides is 1. The van der Waals surface area contributed by atoms with Gasteiger partial charge < -0.3 is 24.3 Å². The van der Waals surface area contributed by atoms with Crippen LogP contribution in [0.5, 0.6) is 11.5 Å². The number of nitriles is 1. The van der Waals surface area contributed by atoms with Gasteiger partial charge in [0.15, 0.2) is 24.7 Å². The first kappa shape index (κ1) is 20.3. The number of benzene rings is 1. The fraction of sp³-hybridized carbons (Fsp3) is 0.421. The summed E-state index contributed by atoms with van der Waals surface area (Å²) in [5, 5.41) is 11.2. The Hall–Kier alpha value is -3.05. The first-order valence-corrected chi connectivity index (χ1v) is 8.53. The second kappa shape index (κ2) is 10.8. The summed E-state index contributed by atoms with van der Waals surface area (Å²) in [4.78, 5) is 23.4. The summed E-state index contributed by atoms with van der Waals surface area (Å²) >= 11 is 0. The van der Waals surface area contributed by atoms with Gasteiger partial charge >= 0.3 is 5.97 Å². The standard InChI is InChI=1S/C19H22N2O6/c1-24-17-11-14(4-6-16(17)26-10-8-20)5-7-19(23)27-13-18(22)21-12-15-3-2-9-25-15/h4-7,11,15H,2-3,9-10,12-13H2,1H3,(H,21,22)/b7-5+/t15-/m1/s1. The molecule has 0 saturated carbocycles. The quantitative estimate of drug-likeness (QED) is 0.515. The van der Waals surface area contributed by atoms with Gasteiger partial charge in [-0.3, -0.25) is 4.79 Å². The Bertz CT molecular complexity index is 719. The summed E-state index contributed by atoms with van der Waals surface area (Å²) in [7, 11) is 1.48. The molecule has 1 aliphatic heterocycles. The molecule has 144 valence electrons. The first-order valence-electron chi connectivity index (χ1n) is 8.53. The average Bonchev–Trinajstić information content (AvgIpc) is 3.21. The predicted molar refractivity (Wildman–Crippen MR) is 96.1 cm³/mol. The van der Waals surface area contributed by atoms with Crippen LogP contribution in [-0.2, 0) is 19.1 Å². The van der Waals surface area contributed by atoms with Crippen LogP contribution in [0.1, 0.15) is 18.4 Å². The third-order valence-corrected chi connectivity index (χ3v) is 3.79. The first-order chi connectivity index (χ1) is 13.1. The lowest BCUT2D eigenvalue weighted by Gasteiger charge is -2.10. The normalized spacial score (nSPS) is 15.9. The molecule has 0 aromatic heterocycles. The molecule has 1 saturated heterocycles. The summed E-state index contributed by atoms with van der Waals surface area (Å²) in [6.45, 7) is 0.704. The van der Waals surface area contributed by atoms with E-state index in [1.807, 2.05) is 6.07 Å². The van der Waals surface area contributed by atoms with Crippen LogP contribution in [0.15, 0.2) is 24.3 Å². The lowest BCUT2D eigenvalue weighted by molar-refractivity contribution is -0.143. The van der Waals surface area contributed by atoms with E-state index in [0.717, 1.165) is 19.4 Å². The smallest absolute Gasteiger partial charge is 0.331 e. The van der Waals surface area contributed by atoms with Gasteiger partial charge in [-0.15, -0.1) is 0 Å². The van der Waals surface area contributed by atoms with Gasteiger partial charge in [-0.25, -0.2) is 4.79 Å². The second-order valence-corrected chi connectivity index (χ2v) is 5.74. The predicted octanol–water partition coefficient (Wildman–Crippen LogP) is 1.45. The van der Waals surface area contributed by atoms with Gasteiger partial charge in [-0.05, 0) is 36.6 Å². The molecule has 2 rings (SSSR count). The number of carbonyl (C=O) groups is 2. The van der Waals surface area contributed by atoms with Crippen molar-refractivity contribution < 1.29 is 28.5 Å². The maximum Gasteiger partial charge on any atom is 0.331 e. The molecule has 1 aliphatic rings. The number of nitrogens with zero attached hydrogens (tertiary/aromatic N) is 1. The summed E-state index contributed by atoms with van der Waals surface area (Å²) in [6, 6.07) is 6.88. The summed E-state index contributed by atoms with van der Waals surface area (Å²) < 4.78 is 20.7. The fourth-order valence-corrected chi connectivity index (χ4v) is 2.45. The third kappa shape index (κ3) is 6.99. The van der Waals surface area contributed by atoms with Crippen LogP contribution in [0.4, 0.5) is 0 Å². The van der Waals surface area contributed by atoms with E-state index in [4.69, 9.17) is 24.2 Å². The minimum atomic E-state index is -0.633. The molecule has 0 aliphatic carbocycles. The molecule has 1 aromatic rings. The molecule has 27 heavy (non-hydrogen) atoms. The van der Waals surface area contributed by atoms with Gasteiger partial charge in [-0.2, -0.15) is 5.26 Å². The van der Waals surface area contributed by atoms with Crippen molar-refractivity contribution in [2.45, 2.75) is 18.9 Å². The molecule has 1 aromatic carbocycles. The minimum Gasteiger partial charge on any atom is -0.493 e. The molecule has 8 heteroatoms. The highest BCUT2D eigenvalue weighted by Crippen LogP contribution is 2.28. The molecule has 0 bridgehead atoms. The molecule has 1 atom stereocenters. The summed E-state index contributed by atoms with van der Waals surface area (Å²) in [5.74, 6) is -0.130. The number of esters is 1. The Kier molecular flexibility index (Phi) is 8.13. The summed E-state index contributed by atoms with van der Waals surface area (Å²) in [5.41, 5.74) is 0.677. The molecule has 1 N–H and O–H groups in total. The van der Waals surface area contributed by atoms with Crippen LogP contribution in [0, 0.1) is 11.3 Å². The molecular formula is C19H22N2O6. The molecule has 1 heterocycles. The highest BCUT2D eigenvalue weighted by molar-refractivity contribution is 5.89. The summed E-state index contributed by atoms with van der Waals surface area (Å²) in [6.07, 6.45) is 4.71. The number of rotatable bonds is 9. The van der Waals surface area contributed by atoms with Gasteiger partial charge in [0.05, 0.1) is 13.2 Å². The van der Waals surface area contributed by atoms with E-state index in [-0.39, 0.29) is 25.2 Å². The van der Waals surface area contributed by atoms with Gasteiger partial charge in [0.1, 0.15) is 6.07 Å². The van der Waals surface area contributed by atoms with E-state index in [1.165, 1.54) is 19.3 Å². The molecule has 8 nitrogen and oxygen atoms in total. The largest absolute Gasteiger partial charge is 0.493 e. The lowest BCUT2D eigenvalue weighted by atomic mass is 10.2. The third-order valence-electron chi connectivity index (χ3n) is 3.79.